The van der Waals surface area contributed by atoms with E-state index in [0.29, 0.717) is 37.8 Å². The summed E-state index contributed by atoms with van der Waals surface area (Å²) in [7, 11) is -3.51. The molecule has 7 heteroatoms. The quantitative estimate of drug-likeness (QED) is 0.769. The van der Waals surface area contributed by atoms with Crippen LogP contribution in [0.25, 0.3) is 0 Å². The van der Waals surface area contributed by atoms with Crippen LogP contribution in [0.4, 0.5) is 0 Å². The molecule has 2 rings (SSSR count). The van der Waals surface area contributed by atoms with Crippen molar-refractivity contribution in [1.82, 2.24) is 9.03 Å². The molecule has 1 aliphatic heterocycles. The van der Waals surface area contributed by atoms with Crippen molar-refractivity contribution < 1.29 is 8.42 Å². The van der Waals surface area contributed by atoms with Crippen LogP contribution < -0.4 is 10.5 Å². The number of thiocarbonyl (C=S) groups is 1. The Bertz CT molecular complexity index is 476. The summed E-state index contributed by atoms with van der Waals surface area (Å²) in [4.78, 5) is 0.281. The van der Waals surface area contributed by atoms with Gasteiger partial charge in [-0.05, 0) is 50.4 Å². The van der Waals surface area contributed by atoms with Gasteiger partial charge in [0.05, 0.1) is 10.5 Å². The molecule has 21 heavy (non-hydrogen) atoms. The normalized spacial score (nSPS) is 33.0. The average Bonchev–Trinajstić information content (AvgIpc) is 2.41. The standard InChI is InChI=1S/C14H27N3O2S2/c1-11-3-7-14(8-4-11,13(15)20)16-21(18,19)17-9-5-12(2)6-10-17/h11-12,16H,3-10H2,1-2H3,(H2,15,20). The van der Waals surface area contributed by atoms with E-state index in [0.717, 1.165) is 25.7 Å². The number of piperidine rings is 1. The molecule has 0 radical (unpaired) electrons. The molecule has 0 atom stereocenters. The highest BCUT2D eigenvalue weighted by Crippen LogP contribution is 2.33. The van der Waals surface area contributed by atoms with Crippen LogP contribution in [0, 0.1) is 11.8 Å². The zero-order chi connectivity index (χ0) is 15.7. The first-order chi connectivity index (χ1) is 9.75. The molecule has 0 bridgehead atoms. The monoisotopic (exact) mass is 333 g/mol. The van der Waals surface area contributed by atoms with Crippen LogP contribution >= 0.6 is 12.2 Å². The molecule has 5 nitrogen and oxygen atoms in total. The molecule has 1 saturated carbocycles. The van der Waals surface area contributed by atoms with Gasteiger partial charge in [0.2, 0.25) is 0 Å². The molecule has 0 aromatic carbocycles. The van der Waals surface area contributed by atoms with Crippen LogP contribution in [0.5, 0.6) is 0 Å². The molecular formula is C14H27N3O2S2. The third-order valence-electron chi connectivity index (χ3n) is 5.01. The maximum atomic E-state index is 12.7. The molecule has 0 spiro atoms. The van der Waals surface area contributed by atoms with Gasteiger partial charge in [-0.15, -0.1) is 0 Å². The molecule has 1 aliphatic carbocycles. The van der Waals surface area contributed by atoms with Crippen molar-refractivity contribution >= 4 is 27.4 Å². The molecule has 0 aromatic rings. The molecule has 0 amide bonds. The first-order valence-corrected chi connectivity index (χ1v) is 9.69. The second-order valence-corrected chi connectivity index (χ2v) is 8.93. The summed E-state index contributed by atoms with van der Waals surface area (Å²) in [6.07, 6.45) is 5.14. The Morgan fingerprint density at radius 3 is 2.10 bits per heavy atom. The van der Waals surface area contributed by atoms with E-state index in [-0.39, 0.29) is 4.99 Å². The van der Waals surface area contributed by atoms with Crippen molar-refractivity contribution in [2.45, 2.75) is 57.9 Å². The maximum Gasteiger partial charge on any atom is 0.280 e. The summed E-state index contributed by atoms with van der Waals surface area (Å²) in [6.45, 7) is 5.51. The molecule has 0 unspecified atom stereocenters. The van der Waals surface area contributed by atoms with Gasteiger partial charge in [0.1, 0.15) is 0 Å². The third-order valence-corrected chi connectivity index (χ3v) is 7.09. The zero-order valence-corrected chi connectivity index (χ0v) is 14.6. The Morgan fingerprint density at radius 1 is 1.14 bits per heavy atom. The summed E-state index contributed by atoms with van der Waals surface area (Å²) in [5, 5.41) is 0. The van der Waals surface area contributed by atoms with E-state index in [2.05, 4.69) is 18.6 Å². The maximum absolute atomic E-state index is 12.7. The molecule has 0 aromatic heterocycles. The van der Waals surface area contributed by atoms with Gasteiger partial charge in [0.15, 0.2) is 0 Å². The van der Waals surface area contributed by atoms with E-state index in [4.69, 9.17) is 18.0 Å². The summed E-state index contributed by atoms with van der Waals surface area (Å²) < 4.78 is 29.7. The molecule has 3 N–H and O–H groups in total. The fraction of sp³-hybridized carbons (Fsp3) is 0.929. The fourth-order valence-electron chi connectivity index (χ4n) is 3.19. The molecule has 2 fully saturated rings. The summed E-state index contributed by atoms with van der Waals surface area (Å²) >= 11 is 5.19. The van der Waals surface area contributed by atoms with E-state index in [1.165, 1.54) is 0 Å². The summed E-state index contributed by atoms with van der Waals surface area (Å²) in [5.74, 6) is 1.20. The second kappa shape index (κ2) is 6.48. The van der Waals surface area contributed by atoms with Crippen molar-refractivity contribution in [3.05, 3.63) is 0 Å². The van der Waals surface area contributed by atoms with Gasteiger partial charge < -0.3 is 5.73 Å². The van der Waals surface area contributed by atoms with E-state index < -0.39 is 15.7 Å². The largest absolute Gasteiger partial charge is 0.392 e. The minimum Gasteiger partial charge on any atom is -0.392 e. The molecule has 122 valence electrons. The number of rotatable bonds is 4. The Kier molecular flexibility index (Phi) is 5.28. The summed E-state index contributed by atoms with van der Waals surface area (Å²) in [5.41, 5.74) is 5.16. The summed E-state index contributed by atoms with van der Waals surface area (Å²) in [6, 6.07) is 0. The zero-order valence-electron chi connectivity index (χ0n) is 13.0. The van der Waals surface area contributed by atoms with Crippen LogP contribution in [0.1, 0.15) is 52.4 Å². The lowest BCUT2D eigenvalue weighted by atomic mass is 9.78. The Balaban J connectivity index is 2.11. The minimum atomic E-state index is -3.51. The number of hydrogen-bond donors (Lipinski definition) is 2. The lowest BCUT2D eigenvalue weighted by Crippen LogP contribution is -2.61. The predicted molar refractivity (Wildman–Crippen MR) is 89.2 cm³/mol. The van der Waals surface area contributed by atoms with Gasteiger partial charge in [0, 0.05) is 13.1 Å². The van der Waals surface area contributed by atoms with Crippen molar-refractivity contribution in [2.75, 3.05) is 13.1 Å². The Morgan fingerprint density at radius 2 is 1.62 bits per heavy atom. The highest BCUT2D eigenvalue weighted by molar-refractivity contribution is 7.87. The van der Waals surface area contributed by atoms with Crippen LogP contribution in [0.2, 0.25) is 0 Å². The van der Waals surface area contributed by atoms with Crippen molar-refractivity contribution in [1.29, 1.82) is 0 Å². The SMILES string of the molecule is CC1CCN(S(=O)(=O)NC2(C(N)=S)CCC(C)CC2)CC1. The van der Waals surface area contributed by atoms with Gasteiger partial charge in [-0.1, -0.05) is 26.1 Å². The number of nitrogens with one attached hydrogen (secondary N) is 1. The van der Waals surface area contributed by atoms with Gasteiger partial charge in [-0.3, -0.25) is 0 Å². The van der Waals surface area contributed by atoms with Crippen molar-refractivity contribution in [3.8, 4) is 0 Å². The smallest absolute Gasteiger partial charge is 0.280 e. The topological polar surface area (TPSA) is 75.4 Å². The lowest BCUT2D eigenvalue weighted by Gasteiger charge is -2.41. The second-order valence-electron chi connectivity index (χ2n) is 6.82. The first-order valence-electron chi connectivity index (χ1n) is 7.84. The highest BCUT2D eigenvalue weighted by Gasteiger charge is 2.42. The highest BCUT2D eigenvalue weighted by atomic mass is 32.2. The minimum absolute atomic E-state index is 0.281. The van der Waals surface area contributed by atoms with E-state index >= 15 is 0 Å². The van der Waals surface area contributed by atoms with Crippen LogP contribution in [0.15, 0.2) is 0 Å². The predicted octanol–water partition coefficient (Wildman–Crippen LogP) is 1.79. The van der Waals surface area contributed by atoms with Crippen LogP contribution in [-0.4, -0.2) is 36.3 Å². The number of nitrogens with two attached hydrogens (primary N) is 1. The number of nitrogens with zero attached hydrogens (tertiary/aromatic N) is 1. The average molecular weight is 334 g/mol. The fourth-order valence-corrected chi connectivity index (χ4v) is 5.14. The first kappa shape index (κ1) is 17.1. The van der Waals surface area contributed by atoms with Gasteiger partial charge in [0.25, 0.3) is 10.2 Å². The van der Waals surface area contributed by atoms with Crippen molar-refractivity contribution in [3.63, 3.8) is 0 Å². The van der Waals surface area contributed by atoms with Crippen molar-refractivity contribution in [2.24, 2.45) is 17.6 Å². The Labute approximate surface area is 133 Å². The van der Waals surface area contributed by atoms with Gasteiger partial charge >= 0.3 is 0 Å². The molecule has 1 saturated heterocycles. The van der Waals surface area contributed by atoms with Crippen LogP contribution in [-0.2, 0) is 10.2 Å². The van der Waals surface area contributed by atoms with Gasteiger partial charge in [-0.25, -0.2) is 0 Å². The van der Waals surface area contributed by atoms with E-state index in [1.54, 1.807) is 4.31 Å². The van der Waals surface area contributed by atoms with Crippen LogP contribution in [0.3, 0.4) is 0 Å². The lowest BCUT2D eigenvalue weighted by molar-refractivity contribution is 0.261. The van der Waals surface area contributed by atoms with Gasteiger partial charge in [-0.2, -0.15) is 17.4 Å². The molecular weight excluding hydrogens is 306 g/mol. The van der Waals surface area contributed by atoms with E-state index in [1.807, 2.05) is 0 Å². The van der Waals surface area contributed by atoms with E-state index in [9.17, 15) is 8.42 Å². The Hall–Kier alpha value is -0.240. The molecule has 1 heterocycles. The third kappa shape index (κ3) is 3.94. The molecule has 2 aliphatic rings. The number of hydrogen-bond acceptors (Lipinski definition) is 3.